The van der Waals surface area contributed by atoms with Crippen LogP contribution >= 0.6 is 0 Å². The van der Waals surface area contributed by atoms with Crippen LogP contribution in [-0.2, 0) is 24.5 Å². The van der Waals surface area contributed by atoms with E-state index in [1.807, 2.05) is 0 Å². The normalized spacial score (nSPS) is 23.8. The lowest BCUT2D eigenvalue weighted by molar-refractivity contribution is 0.161. The van der Waals surface area contributed by atoms with Crippen LogP contribution in [0.25, 0.3) is 0 Å². The van der Waals surface area contributed by atoms with E-state index in [-0.39, 0.29) is 6.10 Å². The van der Waals surface area contributed by atoms with Gasteiger partial charge in [0.05, 0.1) is 11.4 Å². The molecule has 2 rings (SSSR count). The van der Waals surface area contributed by atoms with Crippen LogP contribution in [0.4, 0.5) is 0 Å². The lowest BCUT2D eigenvalue weighted by atomic mass is 9.98. The van der Waals surface area contributed by atoms with Gasteiger partial charge in [-0.25, -0.2) is 8.42 Å². The molecule has 2 aliphatic rings. The molecule has 0 radical (unpaired) electrons. The Kier molecular flexibility index (Phi) is 5.44. The molecule has 2 aliphatic carbocycles. The quantitative estimate of drug-likeness (QED) is 0.833. The first-order valence-electron chi connectivity index (χ1n) is 7.35. The highest BCUT2D eigenvalue weighted by molar-refractivity contribution is 8.03. The van der Waals surface area contributed by atoms with E-state index in [1.165, 1.54) is 0 Å². The van der Waals surface area contributed by atoms with Crippen LogP contribution in [0.3, 0.4) is 0 Å². The first kappa shape index (κ1) is 16.2. The first-order valence-corrected chi connectivity index (χ1v) is 10.3. The summed E-state index contributed by atoms with van der Waals surface area (Å²) in [7, 11) is -8.08. The minimum absolute atomic E-state index is 0.386. The molecule has 1 N–H and O–H groups in total. The molecule has 0 heterocycles. The third-order valence-electron chi connectivity index (χ3n) is 4.02. The molecule has 2 saturated carbocycles. The van der Waals surface area contributed by atoms with Crippen molar-refractivity contribution in [2.75, 3.05) is 0 Å². The smallest absolute Gasteiger partial charge is 0.254 e. The average Bonchev–Trinajstić information content (AvgIpc) is 2.39. The molecule has 0 spiro atoms. The van der Waals surface area contributed by atoms with Crippen LogP contribution in [0.1, 0.15) is 64.2 Å². The van der Waals surface area contributed by atoms with Gasteiger partial charge in [-0.15, -0.1) is 0 Å². The van der Waals surface area contributed by atoms with Crippen LogP contribution in [-0.4, -0.2) is 28.2 Å². The summed E-state index contributed by atoms with van der Waals surface area (Å²) in [4.78, 5) is 0. The molecule has 0 aliphatic heterocycles. The summed E-state index contributed by atoms with van der Waals surface area (Å²) in [5.41, 5.74) is 0. The van der Waals surface area contributed by atoms with Crippen LogP contribution in [0.2, 0.25) is 0 Å². The number of nitrogens with one attached hydrogen (secondary N) is 1. The van der Waals surface area contributed by atoms with E-state index in [9.17, 15) is 16.8 Å². The topological polar surface area (TPSA) is 89.5 Å². The molecule has 2 fully saturated rings. The van der Waals surface area contributed by atoms with Crippen molar-refractivity contribution in [3.05, 3.63) is 0 Å². The van der Waals surface area contributed by atoms with Gasteiger partial charge < -0.3 is 0 Å². The fourth-order valence-corrected chi connectivity index (χ4v) is 6.29. The zero-order valence-corrected chi connectivity index (χ0v) is 13.2. The van der Waals surface area contributed by atoms with Gasteiger partial charge in [0.1, 0.15) is 0 Å². The summed E-state index contributed by atoms with van der Waals surface area (Å²) < 4.78 is 54.6. The van der Waals surface area contributed by atoms with E-state index in [0.29, 0.717) is 25.7 Å². The summed E-state index contributed by atoms with van der Waals surface area (Å²) in [5, 5.41) is -0.610. The van der Waals surface area contributed by atoms with E-state index in [1.54, 1.807) is 4.13 Å². The predicted octanol–water partition coefficient (Wildman–Crippen LogP) is 1.83. The monoisotopic (exact) mass is 325 g/mol. The lowest BCUT2D eigenvalue weighted by Gasteiger charge is -2.24. The molecule has 0 bridgehead atoms. The first-order chi connectivity index (χ1) is 9.39. The van der Waals surface area contributed by atoms with Crippen LogP contribution < -0.4 is 4.13 Å². The summed E-state index contributed by atoms with van der Waals surface area (Å²) in [6, 6.07) is 0. The second-order valence-corrected chi connectivity index (χ2v) is 9.22. The predicted molar refractivity (Wildman–Crippen MR) is 75.8 cm³/mol. The maximum Gasteiger partial charge on any atom is 0.349 e. The van der Waals surface area contributed by atoms with Crippen molar-refractivity contribution in [2.24, 2.45) is 0 Å². The van der Waals surface area contributed by atoms with Gasteiger partial charge in [-0.1, -0.05) is 42.7 Å². The number of hydrogen-bond donors (Lipinski definition) is 1. The molecule has 6 nitrogen and oxygen atoms in total. The Morgan fingerprint density at radius 3 is 1.80 bits per heavy atom. The summed E-state index contributed by atoms with van der Waals surface area (Å²) in [6.07, 6.45) is 7.60. The van der Waals surface area contributed by atoms with E-state index in [2.05, 4.69) is 0 Å². The molecular formula is C12H23NO5S2. The Morgan fingerprint density at radius 1 is 0.750 bits per heavy atom. The Morgan fingerprint density at radius 2 is 1.25 bits per heavy atom. The number of sulfonamides is 1. The van der Waals surface area contributed by atoms with Crippen molar-refractivity contribution >= 4 is 20.3 Å². The summed E-state index contributed by atoms with van der Waals surface area (Å²) >= 11 is 0. The lowest BCUT2D eigenvalue weighted by Crippen LogP contribution is -2.41. The van der Waals surface area contributed by atoms with Crippen molar-refractivity contribution in [1.82, 2.24) is 4.13 Å². The van der Waals surface area contributed by atoms with Gasteiger partial charge >= 0.3 is 10.3 Å². The Labute approximate surface area is 121 Å². The van der Waals surface area contributed by atoms with Crippen molar-refractivity contribution in [3.63, 3.8) is 0 Å². The zero-order chi connectivity index (χ0) is 14.6. The maximum atomic E-state index is 12.1. The SMILES string of the molecule is O=S(=O)(NS(=O)(=O)C1CCCCC1)OC1CCCCC1. The zero-order valence-electron chi connectivity index (χ0n) is 11.6. The second-order valence-electron chi connectivity index (χ2n) is 5.70. The van der Waals surface area contributed by atoms with Gasteiger partial charge in [0, 0.05) is 0 Å². The molecule has 0 saturated heterocycles. The molecule has 8 heteroatoms. The molecule has 20 heavy (non-hydrogen) atoms. The fraction of sp³-hybridized carbons (Fsp3) is 1.00. The number of hydrogen-bond acceptors (Lipinski definition) is 5. The molecule has 0 unspecified atom stereocenters. The summed E-state index contributed by atoms with van der Waals surface area (Å²) in [5.74, 6) is 0. The van der Waals surface area contributed by atoms with E-state index < -0.39 is 25.6 Å². The molecule has 0 amide bonds. The minimum Gasteiger partial charge on any atom is -0.254 e. The van der Waals surface area contributed by atoms with Crippen LogP contribution in [0.5, 0.6) is 0 Å². The molecule has 0 atom stereocenters. The fourth-order valence-electron chi connectivity index (χ4n) is 2.95. The highest BCUT2D eigenvalue weighted by Crippen LogP contribution is 2.25. The van der Waals surface area contributed by atoms with Crippen LogP contribution in [0, 0.1) is 0 Å². The van der Waals surface area contributed by atoms with Gasteiger partial charge in [0.2, 0.25) is 10.0 Å². The van der Waals surface area contributed by atoms with Crippen molar-refractivity contribution < 1.29 is 21.0 Å². The maximum absolute atomic E-state index is 12.1. The third-order valence-corrected chi connectivity index (χ3v) is 7.64. The molecule has 0 aromatic carbocycles. The molecule has 118 valence electrons. The highest BCUT2D eigenvalue weighted by atomic mass is 32.3. The van der Waals surface area contributed by atoms with Crippen molar-refractivity contribution in [1.29, 1.82) is 0 Å². The number of rotatable bonds is 5. The second kappa shape index (κ2) is 6.72. The standard InChI is InChI=1S/C12H23NO5S2/c14-19(15,12-9-5-2-6-10-12)13-20(16,17)18-11-7-3-1-4-8-11/h11-13H,1-10H2. The average molecular weight is 325 g/mol. The summed E-state index contributed by atoms with van der Waals surface area (Å²) in [6.45, 7) is 0. The van der Waals surface area contributed by atoms with Gasteiger partial charge in [0.25, 0.3) is 0 Å². The Bertz CT molecular complexity index is 502. The van der Waals surface area contributed by atoms with E-state index >= 15 is 0 Å². The highest BCUT2D eigenvalue weighted by Gasteiger charge is 2.33. The third kappa shape index (κ3) is 4.68. The Balaban J connectivity index is 1.95. The van der Waals surface area contributed by atoms with Crippen molar-refractivity contribution in [2.45, 2.75) is 75.6 Å². The van der Waals surface area contributed by atoms with E-state index in [4.69, 9.17) is 4.18 Å². The van der Waals surface area contributed by atoms with E-state index in [0.717, 1.165) is 38.5 Å². The molecule has 0 aromatic rings. The minimum atomic E-state index is -4.23. The van der Waals surface area contributed by atoms with Gasteiger partial charge in [-0.2, -0.15) is 8.42 Å². The van der Waals surface area contributed by atoms with Gasteiger partial charge in [-0.05, 0) is 25.7 Å². The van der Waals surface area contributed by atoms with Gasteiger partial charge in [0.15, 0.2) is 0 Å². The molecular weight excluding hydrogens is 302 g/mol. The Hall–Kier alpha value is -0.180. The van der Waals surface area contributed by atoms with Crippen LogP contribution in [0.15, 0.2) is 0 Å². The molecule has 0 aromatic heterocycles. The van der Waals surface area contributed by atoms with Gasteiger partial charge in [-0.3, -0.25) is 4.18 Å². The van der Waals surface area contributed by atoms with Crippen molar-refractivity contribution in [3.8, 4) is 0 Å². The largest absolute Gasteiger partial charge is 0.349 e.